The van der Waals surface area contributed by atoms with Crippen molar-refractivity contribution >= 4 is 27.4 Å². The fraction of sp³-hybridized carbons (Fsp3) is 0.125. The van der Waals surface area contributed by atoms with Crippen LogP contribution in [0.4, 0.5) is 4.39 Å². The summed E-state index contributed by atoms with van der Waals surface area (Å²) in [5.74, 6) is -0.824. The largest absolute Gasteiger partial charge is 0.291 e. The number of alkyl halides is 1. The van der Waals surface area contributed by atoms with Crippen LogP contribution in [0.15, 0.2) is 18.3 Å². The van der Waals surface area contributed by atoms with Gasteiger partial charge in [-0.2, -0.15) is 4.39 Å². The first-order valence-electron chi connectivity index (χ1n) is 3.82. The zero-order chi connectivity index (χ0) is 10.1. The molecule has 2 aromatic rings. The van der Waals surface area contributed by atoms with Gasteiger partial charge >= 0.3 is 0 Å². The van der Waals surface area contributed by atoms with E-state index in [0.717, 1.165) is 0 Å². The minimum atomic E-state index is -0.640. The third-order valence-electron chi connectivity index (χ3n) is 1.74. The van der Waals surface area contributed by atoms with E-state index in [2.05, 4.69) is 26.0 Å². The summed E-state index contributed by atoms with van der Waals surface area (Å²) in [7, 11) is 0. The molecule has 6 heteroatoms. The summed E-state index contributed by atoms with van der Waals surface area (Å²) in [6.45, 7) is 0. The van der Waals surface area contributed by atoms with Crippen LogP contribution < -0.4 is 0 Å². The molecule has 0 amide bonds. The van der Waals surface area contributed by atoms with Crippen molar-refractivity contribution in [2.24, 2.45) is 0 Å². The molecule has 0 aliphatic heterocycles. The summed E-state index contributed by atoms with van der Waals surface area (Å²) in [6.07, 6.45) is 1.38. The van der Waals surface area contributed by atoms with Crippen LogP contribution in [0.5, 0.6) is 0 Å². The lowest BCUT2D eigenvalue weighted by atomic mass is 10.3. The Balaban J connectivity index is 2.67. The number of halogens is 2. The molecule has 0 atom stereocenters. The number of hydrogen-bond donors (Lipinski definition) is 0. The molecule has 0 aliphatic rings. The first kappa shape index (κ1) is 9.26. The lowest BCUT2D eigenvalue weighted by Gasteiger charge is -1.96. The van der Waals surface area contributed by atoms with Gasteiger partial charge in [0.1, 0.15) is 5.69 Å². The zero-order valence-corrected chi connectivity index (χ0v) is 8.53. The van der Waals surface area contributed by atoms with Crippen LogP contribution in [0.3, 0.4) is 0 Å². The maximum Gasteiger partial charge on any atom is 0.231 e. The number of nitrogens with zero attached hydrogens (tertiary/aromatic N) is 3. The Morgan fingerprint density at radius 3 is 3.07 bits per heavy atom. The van der Waals surface area contributed by atoms with E-state index < -0.39 is 5.95 Å². The SMILES string of the molecule is O=C(CBr)c1cnc2ccc(F)nn12. The summed E-state index contributed by atoms with van der Waals surface area (Å²) < 4.78 is 14.0. The van der Waals surface area contributed by atoms with Crippen LogP contribution in [0.2, 0.25) is 0 Å². The first-order chi connectivity index (χ1) is 6.72. The van der Waals surface area contributed by atoms with Gasteiger partial charge in [0.2, 0.25) is 5.95 Å². The second-order valence-electron chi connectivity index (χ2n) is 2.63. The molecule has 0 unspecified atom stereocenters. The zero-order valence-electron chi connectivity index (χ0n) is 6.94. The Morgan fingerprint density at radius 2 is 2.36 bits per heavy atom. The van der Waals surface area contributed by atoms with E-state index >= 15 is 0 Å². The van der Waals surface area contributed by atoms with Crippen molar-refractivity contribution in [3.63, 3.8) is 0 Å². The second kappa shape index (κ2) is 3.45. The normalized spacial score (nSPS) is 10.7. The molecule has 2 aromatic heterocycles. The van der Waals surface area contributed by atoms with E-state index in [1.807, 2.05) is 0 Å². The molecule has 0 saturated heterocycles. The lowest BCUT2D eigenvalue weighted by molar-refractivity contribution is 0.101. The highest BCUT2D eigenvalue weighted by atomic mass is 79.9. The van der Waals surface area contributed by atoms with Gasteiger partial charge in [0, 0.05) is 0 Å². The Kier molecular flexibility index (Phi) is 2.28. The molecule has 0 bridgehead atoms. The standard InChI is InChI=1S/C8H5BrFN3O/c9-3-6(14)5-4-11-8-2-1-7(10)12-13(5)8/h1-2,4H,3H2. The van der Waals surface area contributed by atoms with E-state index in [9.17, 15) is 9.18 Å². The molecular weight excluding hydrogens is 253 g/mol. The predicted octanol–water partition coefficient (Wildman–Crippen LogP) is 1.45. The fourth-order valence-corrected chi connectivity index (χ4v) is 1.40. The number of aromatic nitrogens is 3. The number of carbonyl (C=O) groups excluding carboxylic acids is 1. The minimum absolute atomic E-state index is 0.166. The molecule has 0 aliphatic carbocycles. The van der Waals surface area contributed by atoms with E-state index in [4.69, 9.17) is 0 Å². The highest BCUT2D eigenvalue weighted by Gasteiger charge is 2.11. The molecule has 2 rings (SSSR count). The number of rotatable bonds is 2. The molecule has 0 spiro atoms. The van der Waals surface area contributed by atoms with Gasteiger partial charge in [-0.25, -0.2) is 9.50 Å². The number of imidazole rings is 1. The third kappa shape index (κ3) is 1.41. The molecule has 2 heterocycles. The molecule has 0 saturated carbocycles. The van der Waals surface area contributed by atoms with E-state index in [-0.39, 0.29) is 16.8 Å². The van der Waals surface area contributed by atoms with Gasteiger partial charge in [0.15, 0.2) is 11.4 Å². The molecule has 0 N–H and O–H groups in total. The summed E-state index contributed by atoms with van der Waals surface area (Å²) >= 11 is 3.03. The van der Waals surface area contributed by atoms with Crippen molar-refractivity contribution in [3.8, 4) is 0 Å². The van der Waals surface area contributed by atoms with Gasteiger partial charge in [-0.15, -0.1) is 5.10 Å². The van der Waals surface area contributed by atoms with E-state index in [1.54, 1.807) is 0 Å². The Labute approximate surface area is 86.9 Å². The van der Waals surface area contributed by atoms with Gasteiger partial charge in [0.25, 0.3) is 0 Å². The van der Waals surface area contributed by atoms with Gasteiger partial charge in [0.05, 0.1) is 11.5 Å². The van der Waals surface area contributed by atoms with Crippen molar-refractivity contribution < 1.29 is 9.18 Å². The van der Waals surface area contributed by atoms with E-state index in [0.29, 0.717) is 5.65 Å². The third-order valence-corrected chi connectivity index (χ3v) is 2.25. The Bertz CT molecular complexity index is 496. The minimum Gasteiger partial charge on any atom is -0.291 e. The van der Waals surface area contributed by atoms with Crippen molar-refractivity contribution in [1.82, 2.24) is 14.6 Å². The highest BCUT2D eigenvalue weighted by molar-refractivity contribution is 9.09. The summed E-state index contributed by atoms with van der Waals surface area (Å²) in [5, 5.41) is 3.72. The average Bonchev–Trinajstić information content (AvgIpc) is 2.59. The molecule has 0 aromatic carbocycles. The molecule has 0 fully saturated rings. The van der Waals surface area contributed by atoms with Crippen molar-refractivity contribution in [2.45, 2.75) is 0 Å². The number of Topliss-reactive ketones (excluding diaryl/α,β-unsaturated/α-hetero) is 1. The smallest absolute Gasteiger partial charge is 0.231 e. The maximum atomic E-state index is 12.8. The highest BCUT2D eigenvalue weighted by Crippen LogP contribution is 2.07. The average molecular weight is 258 g/mol. The van der Waals surface area contributed by atoms with Gasteiger partial charge < -0.3 is 0 Å². The summed E-state index contributed by atoms with van der Waals surface area (Å²) in [6, 6.07) is 2.66. The van der Waals surface area contributed by atoms with Crippen molar-refractivity contribution in [3.05, 3.63) is 30.0 Å². The molecule has 4 nitrogen and oxygen atoms in total. The van der Waals surface area contributed by atoms with Gasteiger partial charge in [-0.1, -0.05) is 15.9 Å². The molecule has 0 radical (unpaired) electrons. The van der Waals surface area contributed by atoms with Crippen molar-refractivity contribution in [1.29, 1.82) is 0 Å². The maximum absolute atomic E-state index is 12.8. The Morgan fingerprint density at radius 1 is 1.57 bits per heavy atom. The van der Waals surface area contributed by atoms with Crippen LogP contribution in [0, 0.1) is 5.95 Å². The predicted molar refractivity (Wildman–Crippen MR) is 51.1 cm³/mol. The van der Waals surface area contributed by atoms with Crippen LogP contribution >= 0.6 is 15.9 Å². The fourth-order valence-electron chi connectivity index (χ4n) is 1.11. The topological polar surface area (TPSA) is 47.3 Å². The number of hydrogen-bond acceptors (Lipinski definition) is 3. The van der Waals surface area contributed by atoms with Gasteiger partial charge in [-0.3, -0.25) is 4.79 Å². The summed E-state index contributed by atoms with van der Waals surface area (Å²) in [5.41, 5.74) is 0.729. The molecule has 14 heavy (non-hydrogen) atoms. The van der Waals surface area contributed by atoms with Crippen molar-refractivity contribution in [2.75, 3.05) is 5.33 Å². The summed E-state index contributed by atoms with van der Waals surface area (Å²) in [4.78, 5) is 15.3. The number of fused-ring (bicyclic) bond motifs is 1. The quantitative estimate of drug-likeness (QED) is 0.605. The number of carbonyl (C=O) groups is 1. The van der Waals surface area contributed by atoms with Crippen LogP contribution in [0.1, 0.15) is 10.5 Å². The number of ketones is 1. The van der Waals surface area contributed by atoms with Crippen LogP contribution in [-0.2, 0) is 0 Å². The van der Waals surface area contributed by atoms with Crippen LogP contribution in [-0.4, -0.2) is 25.7 Å². The molecule has 72 valence electrons. The Hall–Kier alpha value is -1.30. The second-order valence-corrected chi connectivity index (χ2v) is 3.19. The monoisotopic (exact) mass is 257 g/mol. The molecular formula is C8H5BrFN3O. The lowest BCUT2D eigenvalue weighted by Crippen LogP contribution is -2.07. The first-order valence-corrected chi connectivity index (χ1v) is 4.94. The van der Waals surface area contributed by atoms with Crippen LogP contribution in [0.25, 0.3) is 5.65 Å². The van der Waals surface area contributed by atoms with E-state index in [1.165, 1.54) is 22.8 Å². The van der Waals surface area contributed by atoms with Gasteiger partial charge in [-0.05, 0) is 12.1 Å².